The second-order valence-electron chi connectivity index (χ2n) is 5.22. The number of nitro benzene ring substituents is 1. The van der Waals surface area contributed by atoms with Gasteiger partial charge in [-0.25, -0.2) is 4.79 Å². The number of rotatable bonds is 6. The highest BCUT2D eigenvalue weighted by molar-refractivity contribution is 5.93. The molecule has 1 heterocycles. The minimum atomic E-state index is -0.563. The molecule has 0 aliphatic rings. The monoisotopic (exact) mass is 342 g/mol. The Balaban J connectivity index is 1.57. The lowest BCUT2D eigenvalue weighted by atomic mass is 10.2. The summed E-state index contributed by atoms with van der Waals surface area (Å²) in [6.07, 6.45) is 0.117. The first-order valence-electron chi connectivity index (χ1n) is 7.43. The summed E-state index contributed by atoms with van der Waals surface area (Å²) in [4.78, 5) is 36.0. The highest BCUT2D eigenvalue weighted by atomic mass is 16.6. The number of nitrogens with one attached hydrogen (secondary N) is 3. The minimum Gasteiger partial charge on any atom is -0.408 e. The van der Waals surface area contributed by atoms with Crippen LogP contribution in [0.25, 0.3) is 11.1 Å². The van der Waals surface area contributed by atoms with Crippen molar-refractivity contribution in [2.24, 2.45) is 0 Å². The van der Waals surface area contributed by atoms with Gasteiger partial charge in [-0.15, -0.1) is 0 Å². The van der Waals surface area contributed by atoms with Crippen LogP contribution in [0.1, 0.15) is 6.42 Å². The van der Waals surface area contributed by atoms with Crippen molar-refractivity contribution in [3.63, 3.8) is 0 Å². The van der Waals surface area contributed by atoms with Gasteiger partial charge in [0.15, 0.2) is 5.58 Å². The molecule has 128 valence electrons. The van der Waals surface area contributed by atoms with Crippen molar-refractivity contribution in [2.75, 3.05) is 17.2 Å². The van der Waals surface area contributed by atoms with Crippen LogP contribution in [0.2, 0.25) is 0 Å². The third-order valence-electron chi connectivity index (χ3n) is 3.47. The second-order valence-corrected chi connectivity index (χ2v) is 5.22. The van der Waals surface area contributed by atoms with E-state index in [9.17, 15) is 19.7 Å². The van der Waals surface area contributed by atoms with Gasteiger partial charge >= 0.3 is 5.76 Å². The Hall–Kier alpha value is -3.62. The summed E-state index contributed by atoms with van der Waals surface area (Å²) >= 11 is 0. The first-order valence-corrected chi connectivity index (χ1v) is 7.43. The van der Waals surface area contributed by atoms with Gasteiger partial charge in [-0.3, -0.25) is 19.9 Å². The van der Waals surface area contributed by atoms with Gasteiger partial charge in [0.05, 0.1) is 10.4 Å². The molecule has 0 aliphatic heterocycles. The van der Waals surface area contributed by atoms with Crippen LogP contribution in [-0.4, -0.2) is 22.4 Å². The van der Waals surface area contributed by atoms with Gasteiger partial charge in [0.1, 0.15) is 5.69 Å². The van der Waals surface area contributed by atoms with Crippen LogP contribution in [0.3, 0.4) is 0 Å². The average Bonchev–Trinajstić information content (AvgIpc) is 2.94. The summed E-state index contributed by atoms with van der Waals surface area (Å²) in [5, 5.41) is 16.5. The Morgan fingerprint density at radius 2 is 2.04 bits per heavy atom. The van der Waals surface area contributed by atoms with Crippen molar-refractivity contribution < 1.29 is 14.1 Å². The molecule has 0 radical (unpaired) electrons. The third-order valence-corrected chi connectivity index (χ3v) is 3.47. The molecule has 1 aromatic heterocycles. The van der Waals surface area contributed by atoms with Gasteiger partial charge in [-0.1, -0.05) is 12.1 Å². The number of carbonyl (C=O) groups excluding carboxylic acids is 1. The Kier molecular flexibility index (Phi) is 4.46. The first-order chi connectivity index (χ1) is 12.0. The standard InChI is InChI=1S/C16H14N4O5/c21-15(7-8-17-11-3-1-2-4-13(11)20(23)24)18-10-5-6-14-12(9-10)19-16(22)25-14/h1-6,9,17H,7-8H2,(H,18,21)(H,19,22). The first kappa shape index (κ1) is 16.2. The van der Waals surface area contributed by atoms with Crippen LogP contribution in [0.4, 0.5) is 17.1 Å². The molecular weight excluding hydrogens is 328 g/mol. The largest absolute Gasteiger partial charge is 0.417 e. The topological polar surface area (TPSA) is 130 Å². The van der Waals surface area contributed by atoms with E-state index in [1.54, 1.807) is 36.4 Å². The number of aromatic amines is 1. The number of para-hydroxylation sites is 2. The van der Waals surface area contributed by atoms with Crippen molar-refractivity contribution in [1.82, 2.24) is 4.98 Å². The van der Waals surface area contributed by atoms with Gasteiger partial charge < -0.3 is 15.1 Å². The Morgan fingerprint density at radius 1 is 1.24 bits per heavy atom. The summed E-state index contributed by atoms with van der Waals surface area (Å²) < 4.78 is 4.88. The van der Waals surface area contributed by atoms with Gasteiger partial charge in [-0.2, -0.15) is 0 Å². The lowest BCUT2D eigenvalue weighted by molar-refractivity contribution is -0.384. The molecule has 0 unspecified atom stereocenters. The Labute approximate surface area is 140 Å². The molecule has 0 saturated carbocycles. The number of aromatic nitrogens is 1. The molecule has 0 aliphatic carbocycles. The molecule has 0 bridgehead atoms. The zero-order chi connectivity index (χ0) is 17.8. The second kappa shape index (κ2) is 6.87. The van der Waals surface area contributed by atoms with Gasteiger partial charge in [-0.05, 0) is 24.3 Å². The number of anilines is 2. The maximum atomic E-state index is 12.0. The highest BCUT2D eigenvalue weighted by Gasteiger charge is 2.12. The van der Waals surface area contributed by atoms with E-state index in [2.05, 4.69) is 15.6 Å². The van der Waals surface area contributed by atoms with E-state index in [1.165, 1.54) is 6.07 Å². The fourth-order valence-electron chi connectivity index (χ4n) is 2.35. The minimum absolute atomic E-state index is 0.0442. The maximum Gasteiger partial charge on any atom is 0.417 e. The molecule has 2 aromatic carbocycles. The molecule has 3 aromatic rings. The number of nitrogens with zero attached hydrogens (tertiary/aromatic N) is 1. The predicted octanol–water partition coefficient (Wildman–Crippen LogP) is 2.47. The quantitative estimate of drug-likeness (QED) is 0.466. The van der Waals surface area contributed by atoms with E-state index in [1.807, 2.05) is 0 Å². The number of hydrogen-bond acceptors (Lipinski definition) is 6. The van der Waals surface area contributed by atoms with E-state index in [0.29, 0.717) is 22.5 Å². The number of fused-ring (bicyclic) bond motifs is 1. The molecule has 9 nitrogen and oxygen atoms in total. The van der Waals surface area contributed by atoms with E-state index in [0.717, 1.165) is 0 Å². The van der Waals surface area contributed by atoms with E-state index >= 15 is 0 Å². The fraction of sp³-hybridized carbons (Fsp3) is 0.125. The highest BCUT2D eigenvalue weighted by Crippen LogP contribution is 2.23. The van der Waals surface area contributed by atoms with Crippen molar-refractivity contribution in [3.8, 4) is 0 Å². The molecule has 1 amide bonds. The van der Waals surface area contributed by atoms with Crippen LogP contribution in [0, 0.1) is 10.1 Å². The number of benzene rings is 2. The van der Waals surface area contributed by atoms with Gasteiger partial charge in [0.2, 0.25) is 5.91 Å². The Morgan fingerprint density at radius 3 is 2.84 bits per heavy atom. The lowest BCUT2D eigenvalue weighted by Crippen LogP contribution is -2.16. The average molecular weight is 342 g/mol. The molecule has 0 fully saturated rings. The van der Waals surface area contributed by atoms with E-state index in [4.69, 9.17) is 4.42 Å². The van der Waals surface area contributed by atoms with E-state index < -0.39 is 10.7 Å². The summed E-state index contributed by atoms with van der Waals surface area (Å²) in [6, 6.07) is 11.0. The zero-order valence-corrected chi connectivity index (χ0v) is 12.9. The maximum absolute atomic E-state index is 12.0. The molecule has 9 heteroatoms. The number of hydrogen-bond donors (Lipinski definition) is 3. The molecule has 25 heavy (non-hydrogen) atoms. The number of H-pyrrole nitrogens is 1. The molecule has 3 rings (SSSR count). The number of carbonyl (C=O) groups is 1. The summed E-state index contributed by atoms with van der Waals surface area (Å²) in [7, 11) is 0. The van der Waals surface area contributed by atoms with Gasteiger partial charge in [0.25, 0.3) is 5.69 Å². The molecule has 0 spiro atoms. The predicted molar refractivity (Wildman–Crippen MR) is 91.7 cm³/mol. The molecular formula is C16H14N4O5. The van der Waals surface area contributed by atoms with Crippen LogP contribution >= 0.6 is 0 Å². The normalized spacial score (nSPS) is 10.6. The third kappa shape index (κ3) is 3.83. The molecule has 0 saturated heterocycles. The van der Waals surface area contributed by atoms with Crippen molar-refractivity contribution in [1.29, 1.82) is 0 Å². The van der Waals surface area contributed by atoms with Crippen LogP contribution in [0.15, 0.2) is 51.7 Å². The van der Waals surface area contributed by atoms with Crippen LogP contribution < -0.4 is 16.4 Å². The number of amides is 1. The summed E-state index contributed by atoms with van der Waals surface area (Å²) in [5.74, 6) is -0.830. The number of nitro groups is 1. The van der Waals surface area contributed by atoms with E-state index in [-0.39, 0.29) is 24.6 Å². The zero-order valence-electron chi connectivity index (χ0n) is 12.9. The Bertz CT molecular complexity index is 991. The fourth-order valence-corrected chi connectivity index (χ4v) is 2.35. The molecule has 3 N–H and O–H groups in total. The number of oxazole rings is 1. The van der Waals surface area contributed by atoms with Crippen molar-refractivity contribution in [2.45, 2.75) is 6.42 Å². The van der Waals surface area contributed by atoms with Crippen molar-refractivity contribution >= 4 is 34.1 Å². The summed E-state index contributed by atoms with van der Waals surface area (Å²) in [5.41, 5.74) is 1.72. The van der Waals surface area contributed by atoms with Crippen LogP contribution in [-0.2, 0) is 4.79 Å². The van der Waals surface area contributed by atoms with Gasteiger partial charge in [0, 0.05) is 24.7 Å². The summed E-state index contributed by atoms with van der Waals surface area (Å²) in [6.45, 7) is 0.238. The SMILES string of the molecule is O=C(CCNc1ccccc1[N+](=O)[O-])Nc1ccc2oc(=O)[nH]c2c1. The lowest BCUT2D eigenvalue weighted by Gasteiger charge is -2.08. The smallest absolute Gasteiger partial charge is 0.408 e. The molecule has 0 atom stereocenters. The van der Waals surface area contributed by atoms with Crippen molar-refractivity contribution in [3.05, 3.63) is 63.1 Å². The van der Waals surface area contributed by atoms with Crippen LogP contribution in [0.5, 0.6) is 0 Å².